The second kappa shape index (κ2) is 8.71. The zero-order valence-corrected chi connectivity index (χ0v) is 17.5. The molecule has 0 radical (unpaired) electrons. The van der Waals surface area contributed by atoms with Crippen molar-refractivity contribution >= 4 is 23.7 Å². The maximum atomic E-state index is 12.3. The molecule has 2 N–H and O–H groups in total. The lowest BCUT2D eigenvalue weighted by atomic mass is 9.73. The third-order valence-corrected chi connectivity index (χ3v) is 6.74. The topological polar surface area (TPSA) is 91.8 Å². The standard InChI is InChI=1S/C19H27N3O2S.CH2O2/c1-12(2)5-7-22-9-15-14(17-4-6-19(15,11-22)24-17)8-20-18(23)16-10-25-13(3)21-16;2-1-3/h5,10,14-15,17H,4,6-9,11H2,1-3H3,(H,20,23);1H,(H,2,3)/t14-,15+,17+,19+;/m0./s1. The van der Waals surface area contributed by atoms with Crippen LogP contribution in [0, 0.1) is 18.8 Å². The maximum Gasteiger partial charge on any atom is 0.290 e. The summed E-state index contributed by atoms with van der Waals surface area (Å²) in [5.41, 5.74) is 1.94. The van der Waals surface area contributed by atoms with Gasteiger partial charge in [-0.3, -0.25) is 14.5 Å². The van der Waals surface area contributed by atoms with Crippen molar-refractivity contribution in [1.29, 1.82) is 0 Å². The minimum Gasteiger partial charge on any atom is -0.483 e. The monoisotopic (exact) mass is 407 g/mol. The molecule has 1 aromatic rings. The third kappa shape index (κ3) is 4.29. The van der Waals surface area contributed by atoms with Crippen molar-refractivity contribution in [3.63, 3.8) is 0 Å². The highest BCUT2D eigenvalue weighted by Gasteiger charge is 2.62. The molecule has 4 rings (SSSR count). The normalized spacial score (nSPS) is 30.3. The SMILES string of the molecule is CC(C)=CCN1C[C@@H]2[C@H](CNC(=O)c3csc(C)n3)[C@H]3CC[C@]2(C1)O3.O=CO. The van der Waals surface area contributed by atoms with Crippen LogP contribution in [0.15, 0.2) is 17.0 Å². The van der Waals surface area contributed by atoms with Crippen LogP contribution < -0.4 is 5.32 Å². The van der Waals surface area contributed by atoms with E-state index < -0.39 is 0 Å². The van der Waals surface area contributed by atoms with E-state index in [4.69, 9.17) is 14.6 Å². The van der Waals surface area contributed by atoms with Crippen LogP contribution >= 0.6 is 11.3 Å². The quantitative estimate of drug-likeness (QED) is 0.575. The van der Waals surface area contributed by atoms with Gasteiger partial charge in [-0.2, -0.15) is 0 Å². The molecule has 0 saturated carbocycles. The van der Waals surface area contributed by atoms with Crippen molar-refractivity contribution in [2.75, 3.05) is 26.2 Å². The number of aryl methyl sites for hydroxylation is 1. The molecule has 28 heavy (non-hydrogen) atoms. The number of amides is 1. The largest absolute Gasteiger partial charge is 0.483 e. The van der Waals surface area contributed by atoms with Crippen LogP contribution in [-0.4, -0.2) is 65.3 Å². The first-order chi connectivity index (χ1) is 13.4. The lowest BCUT2D eigenvalue weighted by Crippen LogP contribution is -2.42. The van der Waals surface area contributed by atoms with Gasteiger partial charge in [0.1, 0.15) is 5.69 Å². The van der Waals surface area contributed by atoms with Gasteiger partial charge in [0.05, 0.1) is 16.7 Å². The van der Waals surface area contributed by atoms with Gasteiger partial charge in [0, 0.05) is 43.4 Å². The first kappa shape index (κ1) is 21.0. The molecule has 3 aliphatic rings. The van der Waals surface area contributed by atoms with E-state index in [0.717, 1.165) is 31.1 Å². The molecule has 7 nitrogen and oxygen atoms in total. The molecule has 0 aliphatic carbocycles. The number of carbonyl (C=O) groups excluding carboxylic acids is 1. The predicted octanol–water partition coefficient (Wildman–Crippen LogP) is 2.33. The van der Waals surface area contributed by atoms with Crippen LogP contribution in [-0.2, 0) is 9.53 Å². The number of allylic oxidation sites excluding steroid dienone is 1. The Balaban J connectivity index is 0.000000706. The Morgan fingerprint density at radius 2 is 2.29 bits per heavy atom. The number of hydrogen-bond donors (Lipinski definition) is 2. The third-order valence-electron chi connectivity index (χ3n) is 5.96. The van der Waals surface area contributed by atoms with E-state index >= 15 is 0 Å². The van der Waals surface area contributed by atoms with Gasteiger partial charge in [0.25, 0.3) is 12.4 Å². The van der Waals surface area contributed by atoms with Gasteiger partial charge in [-0.05, 0) is 33.6 Å². The Bertz CT molecular complexity index is 746. The zero-order valence-electron chi connectivity index (χ0n) is 16.7. The number of nitrogens with zero attached hydrogens (tertiary/aromatic N) is 2. The molecule has 1 amide bonds. The highest BCUT2D eigenvalue weighted by atomic mass is 32.1. The predicted molar refractivity (Wildman–Crippen MR) is 108 cm³/mol. The molecule has 2 bridgehead atoms. The van der Waals surface area contributed by atoms with Crippen molar-refractivity contribution in [3.05, 3.63) is 27.7 Å². The van der Waals surface area contributed by atoms with Crippen molar-refractivity contribution in [3.8, 4) is 0 Å². The van der Waals surface area contributed by atoms with Crippen LogP contribution in [0.5, 0.6) is 0 Å². The number of nitrogens with one attached hydrogen (secondary N) is 1. The summed E-state index contributed by atoms with van der Waals surface area (Å²) in [6.45, 7) is 9.79. The number of carbonyl (C=O) groups is 2. The average Bonchev–Trinajstić information content (AvgIpc) is 3.38. The fourth-order valence-electron chi connectivity index (χ4n) is 4.78. The van der Waals surface area contributed by atoms with E-state index in [1.807, 2.05) is 12.3 Å². The van der Waals surface area contributed by atoms with Crippen LogP contribution in [0.25, 0.3) is 0 Å². The summed E-state index contributed by atoms with van der Waals surface area (Å²) in [5, 5.41) is 12.8. The van der Waals surface area contributed by atoms with Crippen molar-refractivity contribution < 1.29 is 19.4 Å². The van der Waals surface area contributed by atoms with Crippen molar-refractivity contribution in [2.45, 2.75) is 45.3 Å². The summed E-state index contributed by atoms with van der Waals surface area (Å²) < 4.78 is 6.45. The van der Waals surface area contributed by atoms with Gasteiger partial charge < -0.3 is 15.2 Å². The number of aromatic nitrogens is 1. The van der Waals surface area contributed by atoms with Gasteiger partial charge in [-0.15, -0.1) is 11.3 Å². The van der Waals surface area contributed by atoms with E-state index in [1.54, 1.807) is 0 Å². The van der Waals surface area contributed by atoms with E-state index in [9.17, 15) is 4.79 Å². The second-order valence-electron chi connectivity index (χ2n) is 8.07. The van der Waals surface area contributed by atoms with Gasteiger partial charge >= 0.3 is 0 Å². The first-order valence-corrected chi connectivity index (χ1v) is 10.6. The van der Waals surface area contributed by atoms with Crippen LogP contribution in [0.3, 0.4) is 0 Å². The highest BCUT2D eigenvalue weighted by molar-refractivity contribution is 7.09. The van der Waals surface area contributed by atoms with E-state index in [2.05, 4.69) is 35.1 Å². The van der Waals surface area contributed by atoms with Crippen LogP contribution in [0.2, 0.25) is 0 Å². The Morgan fingerprint density at radius 3 is 2.93 bits per heavy atom. The summed E-state index contributed by atoms with van der Waals surface area (Å²) in [4.78, 5) is 27.5. The number of thiazole rings is 1. The molecular formula is C20H29N3O4S. The van der Waals surface area contributed by atoms with Gasteiger partial charge in [-0.25, -0.2) is 4.98 Å². The van der Waals surface area contributed by atoms with E-state index in [0.29, 0.717) is 30.2 Å². The Labute approximate surface area is 169 Å². The maximum absolute atomic E-state index is 12.3. The molecule has 0 unspecified atom stereocenters. The fourth-order valence-corrected chi connectivity index (χ4v) is 5.37. The van der Waals surface area contributed by atoms with Gasteiger partial charge in [0.15, 0.2) is 0 Å². The lowest BCUT2D eigenvalue weighted by Gasteiger charge is -2.29. The number of likely N-dealkylation sites (tertiary alicyclic amines) is 1. The van der Waals surface area contributed by atoms with Crippen LogP contribution in [0.4, 0.5) is 0 Å². The minimum absolute atomic E-state index is 0.0345. The minimum atomic E-state index is -0.250. The Kier molecular flexibility index (Phi) is 6.52. The number of fused-ring (bicyclic) bond motifs is 1. The molecule has 3 saturated heterocycles. The summed E-state index contributed by atoms with van der Waals surface area (Å²) in [5.74, 6) is 0.906. The van der Waals surface area contributed by atoms with E-state index in [1.165, 1.54) is 23.3 Å². The lowest BCUT2D eigenvalue weighted by molar-refractivity contribution is -0.122. The summed E-state index contributed by atoms with van der Waals surface area (Å²) >= 11 is 1.52. The van der Waals surface area contributed by atoms with Crippen LogP contribution in [0.1, 0.15) is 42.2 Å². The van der Waals surface area contributed by atoms with Gasteiger partial charge in [0.2, 0.25) is 0 Å². The number of carboxylic acid groups (broad SMARTS) is 1. The molecule has 1 aromatic heterocycles. The summed E-state index contributed by atoms with van der Waals surface area (Å²) in [6.07, 6.45) is 4.91. The first-order valence-electron chi connectivity index (χ1n) is 9.70. The van der Waals surface area contributed by atoms with E-state index in [-0.39, 0.29) is 18.0 Å². The smallest absolute Gasteiger partial charge is 0.290 e. The molecule has 3 aliphatic heterocycles. The highest BCUT2D eigenvalue weighted by Crippen LogP contribution is 2.54. The Hall–Kier alpha value is -1.77. The number of ether oxygens (including phenoxy) is 1. The molecule has 1 spiro atoms. The van der Waals surface area contributed by atoms with Crippen molar-refractivity contribution in [2.24, 2.45) is 11.8 Å². The molecule has 154 valence electrons. The Morgan fingerprint density at radius 1 is 1.54 bits per heavy atom. The van der Waals surface area contributed by atoms with Crippen molar-refractivity contribution in [1.82, 2.24) is 15.2 Å². The molecule has 3 fully saturated rings. The molecule has 8 heteroatoms. The van der Waals surface area contributed by atoms with Gasteiger partial charge in [-0.1, -0.05) is 11.6 Å². The molecule has 0 aromatic carbocycles. The second-order valence-corrected chi connectivity index (χ2v) is 9.14. The summed E-state index contributed by atoms with van der Waals surface area (Å²) in [6, 6.07) is 0. The molecule has 4 atom stereocenters. The molecular weight excluding hydrogens is 378 g/mol. The number of rotatable bonds is 5. The fraction of sp³-hybridized carbons (Fsp3) is 0.650. The zero-order chi connectivity index (χ0) is 20.3. The average molecular weight is 408 g/mol. The molecule has 4 heterocycles. The number of hydrogen-bond acceptors (Lipinski definition) is 6. The summed E-state index contributed by atoms with van der Waals surface area (Å²) in [7, 11) is 0.